The Kier molecular flexibility index (Phi) is 4.77. The number of hydrogen-bond donors (Lipinski definition) is 3. The van der Waals surface area contributed by atoms with E-state index in [0.717, 1.165) is 5.56 Å². The second kappa shape index (κ2) is 6.37. The van der Waals surface area contributed by atoms with Crippen LogP contribution in [0.1, 0.15) is 18.1 Å². The average Bonchev–Trinajstić information content (AvgIpc) is 2.71. The van der Waals surface area contributed by atoms with Gasteiger partial charge in [0.2, 0.25) is 0 Å². The Labute approximate surface area is 118 Å². The molecule has 0 saturated carbocycles. The standard InChI is InChI=1S/C15H20O5/c1-9-14(17)15(18)13(20-9)7-6-10-4-3-5-12(19-2)11(10)8-16/h3-7,9,13-18H,8H2,1-2H3/b7-6+/t9-,13+,14-,15-/m1/s1. The highest BCUT2D eigenvalue weighted by Gasteiger charge is 2.38. The molecule has 0 radical (unpaired) electrons. The molecule has 0 bridgehead atoms. The second-order valence-electron chi connectivity index (χ2n) is 4.83. The quantitative estimate of drug-likeness (QED) is 0.757. The Balaban J connectivity index is 2.20. The van der Waals surface area contributed by atoms with Gasteiger partial charge in [0.1, 0.15) is 24.1 Å². The van der Waals surface area contributed by atoms with Crippen molar-refractivity contribution >= 4 is 6.08 Å². The molecule has 0 unspecified atom stereocenters. The first-order chi connectivity index (χ1) is 9.58. The minimum absolute atomic E-state index is 0.142. The van der Waals surface area contributed by atoms with E-state index in [1.807, 2.05) is 12.1 Å². The maximum atomic E-state index is 9.83. The van der Waals surface area contributed by atoms with E-state index in [1.165, 1.54) is 0 Å². The summed E-state index contributed by atoms with van der Waals surface area (Å²) in [6.45, 7) is 1.57. The molecule has 110 valence electrons. The summed E-state index contributed by atoms with van der Waals surface area (Å²) in [7, 11) is 1.55. The van der Waals surface area contributed by atoms with Gasteiger partial charge in [-0.05, 0) is 18.6 Å². The predicted molar refractivity (Wildman–Crippen MR) is 74.3 cm³/mol. The van der Waals surface area contributed by atoms with E-state index in [-0.39, 0.29) is 6.61 Å². The van der Waals surface area contributed by atoms with E-state index in [1.54, 1.807) is 32.3 Å². The van der Waals surface area contributed by atoms with Crippen LogP contribution in [0.5, 0.6) is 5.75 Å². The first kappa shape index (κ1) is 15.0. The number of aliphatic hydroxyl groups excluding tert-OH is 3. The fourth-order valence-electron chi connectivity index (χ4n) is 2.34. The smallest absolute Gasteiger partial charge is 0.124 e. The van der Waals surface area contributed by atoms with Crippen molar-refractivity contribution in [3.8, 4) is 5.75 Å². The lowest BCUT2D eigenvalue weighted by Gasteiger charge is -2.12. The summed E-state index contributed by atoms with van der Waals surface area (Å²) in [6, 6.07) is 5.43. The van der Waals surface area contributed by atoms with Crippen LogP contribution in [0.25, 0.3) is 6.08 Å². The minimum Gasteiger partial charge on any atom is -0.496 e. The summed E-state index contributed by atoms with van der Waals surface area (Å²) >= 11 is 0. The van der Waals surface area contributed by atoms with Crippen LogP contribution in [0.15, 0.2) is 24.3 Å². The molecule has 4 atom stereocenters. The van der Waals surface area contributed by atoms with Gasteiger partial charge in [-0.2, -0.15) is 0 Å². The SMILES string of the molecule is COc1cccc(/C=C/[C@@H]2O[C@H](C)[C@@H](O)[C@@H]2O)c1CO. The van der Waals surface area contributed by atoms with Crippen LogP contribution in [0.4, 0.5) is 0 Å². The first-order valence-corrected chi connectivity index (χ1v) is 6.55. The molecule has 0 aliphatic carbocycles. The third-order valence-electron chi connectivity index (χ3n) is 3.55. The van der Waals surface area contributed by atoms with Crippen LogP contribution in [0, 0.1) is 0 Å². The fourth-order valence-corrected chi connectivity index (χ4v) is 2.34. The van der Waals surface area contributed by atoms with Gasteiger partial charge in [0.25, 0.3) is 0 Å². The number of hydrogen-bond acceptors (Lipinski definition) is 5. The van der Waals surface area contributed by atoms with Crippen LogP contribution >= 0.6 is 0 Å². The van der Waals surface area contributed by atoms with Crippen molar-refractivity contribution in [2.45, 2.75) is 37.9 Å². The number of rotatable bonds is 4. The van der Waals surface area contributed by atoms with E-state index >= 15 is 0 Å². The molecule has 0 amide bonds. The van der Waals surface area contributed by atoms with E-state index < -0.39 is 24.4 Å². The highest BCUT2D eigenvalue weighted by molar-refractivity contribution is 5.58. The monoisotopic (exact) mass is 280 g/mol. The molecule has 1 fully saturated rings. The van der Waals surface area contributed by atoms with Gasteiger partial charge in [0, 0.05) is 5.56 Å². The summed E-state index contributed by atoms with van der Waals surface area (Å²) in [5, 5.41) is 28.9. The van der Waals surface area contributed by atoms with Crippen LogP contribution in [0.2, 0.25) is 0 Å². The van der Waals surface area contributed by atoms with Crippen LogP contribution in [-0.4, -0.2) is 46.8 Å². The molecule has 0 aromatic heterocycles. The lowest BCUT2D eigenvalue weighted by Crippen LogP contribution is -2.30. The van der Waals surface area contributed by atoms with E-state index in [4.69, 9.17) is 9.47 Å². The molecular weight excluding hydrogens is 260 g/mol. The van der Waals surface area contributed by atoms with E-state index in [2.05, 4.69) is 0 Å². The van der Waals surface area contributed by atoms with Gasteiger partial charge in [0.05, 0.1) is 19.8 Å². The Morgan fingerprint density at radius 3 is 2.60 bits per heavy atom. The molecule has 1 aromatic rings. The van der Waals surface area contributed by atoms with Gasteiger partial charge >= 0.3 is 0 Å². The largest absolute Gasteiger partial charge is 0.496 e. The zero-order valence-corrected chi connectivity index (χ0v) is 11.6. The van der Waals surface area contributed by atoms with Crippen molar-refractivity contribution < 1.29 is 24.8 Å². The van der Waals surface area contributed by atoms with Crippen molar-refractivity contribution in [2.75, 3.05) is 7.11 Å². The molecule has 0 spiro atoms. The van der Waals surface area contributed by atoms with Gasteiger partial charge in [0.15, 0.2) is 0 Å². The van der Waals surface area contributed by atoms with Gasteiger partial charge in [-0.1, -0.05) is 24.3 Å². The molecule has 1 aliphatic rings. The Hall–Kier alpha value is -1.40. The van der Waals surface area contributed by atoms with Crippen LogP contribution in [-0.2, 0) is 11.3 Å². The topological polar surface area (TPSA) is 79.2 Å². The van der Waals surface area contributed by atoms with Crippen LogP contribution in [0.3, 0.4) is 0 Å². The predicted octanol–water partition coefficient (Wildman–Crippen LogP) is 0.710. The third kappa shape index (κ3) is 2.86. The van der Waals surface area contributed by atoms with Gasteiger partial charge in [-0.15, -0.1) is 0 Å². The van der Waals surface area contributed by atoms with Gasteiger partial charge < -0.3 is 24.8 Å². The average molecular weight is 280 g/mol. The van der Waals surface area contributed by atoms with Crippen molar-refractivity contribution in [3.05, 3.63) is 35.4 Å². The minimum atomic E-state index is -0.940. The zero-order chi connectivity index (χ0) is 14.7. The summed E-state index contributed by atoms with van der Waals surface area (Å²) in [4.78, 5) is 0. The number of benzene rings is 1. The molecule has 2 rings (SSSR count). The Morgan fingerprint density at radius 2 is 2.05 bits per heavy atom. The van der Waals surface area contributed by atoms with Crippen molar-refractivity contribution in [3.63, 3.8) is 0 Å². The maximum absolute atomic E-state index is 9.83. The maximum Gasteiger partial charge on any atom is 0.124 e. The summed E-state index contributed by atoms with van der Waals surface area (Å²) in [5.74, 6) is 0.607. The molecule has 5 nitrogen and oxygen atoms in total. The molecule has 20 heavy (non-hydrogen) atoms. The van der Waals surface area contributed by atoms with Gasteiger partial charge in [-0.25, -0.2) is 0 Å². The van der Waals surface area contributed by atoms with Crippen LogP contribution < -0.4 is 4.74 Å². The molecule has 1 saturated heterocycles. The fraction of sp³-hybridized carbons (Fsp3) is 0.467. The first-order valence-electron chi connectivity index (χ1n) is 6.55. The van der Waals surface area contributed by atoms with E-state index in [9.17, 15) is 15.3 Å². The molecule has 1 aromatic carbocycles. The number of aliphatic hydroxyl groups is 3. The summed E-state index contributed by atoms with van der Waals surface area (Å²) < 4.78 is 10.6. The lowest BCUT2D eigenvalue weighted by atomic mass is 10.0. The van der Waals surface area contributed by atoms with Crippen molar-refractivity contribution in [1.29, 1.82) is 0 Å². The second-order valence-corrected chi connectivity index (χ2v) is 4.83. The molecular formula is C15H20O5. The van der Waals surface area contributed by atoms with Gasteiger partial charge in [-0.3, -0.25) is 0 Å². The molecule has 1 heterocycles. The molecule has 1 aliphatic heterocycles. The Morgan fingerprint density at radius 1 is 1.30 bits per heavy atom. The normalized spacial score (nSPS) is 30.1. The summed E-state index contributed by atoms with van der Waals surface area (Å²) in [5.41, 5.74) is 1.46. The zero-order valence-electron chi connectivity index (χ0n) is 11.6. The van der Waals surface area contributed by atoms with E-state index in [0.29, 0.717) is 11.3 Å². The number of ether oxygens (including phenoxy) is 2. The molecule has 3 N–H and O–H groups in total. The highest BCUT2D eigenvalue weighted by Crippen LogP contribution is 2.26. The third-order valence-corrected chi connectivity index (χ3v) is 3.55. The van der Waals surface area contributed by atoms with Crippen molar-refractivity contribution in [2.24, 2.45) is 0 Å². The number of methoxy groups -OCH3 is 1. The molecule has 5 heteroatoms. The Bertz CT molecular complexity index is 485. The highest BCUT2D eigenvalue weighted by atomic mass is 16.5. The van der Waals surface area contributed by atoms with Crippen molar-refractivity contribution in [1.82, 2.24) is 0 Å². The summed E-state index contributed by atoms with van der Waals surface area (Å²) in [6.07, 6.45) is 0.662. The lowest BCUT2D eigenvalue weighted by molar-refractivity contribution is 0.0316.